The molecule has 1 heteroatoms. The zero-order chi connectivity index (χ0) is 8.97. The molecule has 0 aliphatic rings. The molecule has 0 saturated carbocycles. The van der Waals surface area contributed by atoms with Crippen LogP contribution in [0.3, 0.4) is 0 Å². The highest BCUT2D eigenvalue weighted by atomic mass is 16.3. The molecule has 1 aromatic rings. The van der Waals surface area contributed by atoms with Gasteiger partial charge in [0.2, 0.25) is 0 Å². The smallest absolute Gasteiger partial charge is 0.119 e. The molecule has 0 bridgehead atoms. The van der Waals surface area contributed by atoms with Crippen LogP contribution in [0, 0.1) is 0 Å². The van der Waals surface area contributed by atoms with Crippen LogP contribution in [-0.2, 0) is 0 Å². The van der Waals surface area contributed by atoms with Crippen molar-refractivity contribution in [2.75, 3.05) is 0 Å². The minimum Gasteiger partial charge on any atom is -0.508 e. The fraction of sp³-hybridized carbons (Fsp3) is 0.455. The number of phenols is 1. The van der Waals surface area contributed by atoms with Gasteiger partial charge in [-0.25, -0.2) is 0 Å². The summed E-state index contributed by atoms with van der Waals surface area (Å²) in [7, 11) is 0. The van der Waals surface area contributed by atoms with Crippen molar-refractivity contribution < 1.29 is 5.11 Å². The van der Waals surface area contributed by atoms with E-state index in [-0.39, 0.29) is 0 Å². The normalized spacial score (nSPS) is 12.8. The maximum Gasteiger partial charge on any atom is 0.119 e. The van der Waals surface area contributed by atoms with Gasteiger partial charge in [0.1, 0.15) is 5.75 Å². The third kappa shape index (κ3) is 2.00. The first-order valence-electron chi connectivity index (χ1n) is 4.53. The summed E-state index contributed by atoms with van der Waals surface area (Å²) >= 11 is 0. The predicted molar refractivity (Wildman–Crippen MR) is 51.4 cm³/mol. The Morgan fingerprint density at radius 1 is 1.33 bits per heavy atom. The predicted octanol–water partition coefficient (Wildman–Crippen LogP) is 3.30. The Kier molecular flexibility index (Phi) is 3.15. The molecule has 0 fully saturated rings. The topological polar surface area (TPSA) is 20.2 Å². The molecular weight excluding hydrogens is 148 g/mol. The van der Waals surface area contributed by atoms with E-state index in [1.165, 1.54) is 0 Å². The molecule has 1 unspecified atom stereocenters. The van der Waals surface area contributed by atoms with E-state index in [0.29, 0.717) is 11.7 Å². The fourth-order valence-electron chi connectivity index (χ4n) is 1.49. The molecule has 1 nitrogen and oxygen atoms in total. The van der Waals surface area contributed by atoms with Crippen molar-refractivity contribution in [3.8, 4) is 5.75 Å². The van der Waals surface area contributed by atoms with Crippen molar-refractivity contribution in [2.24, 2.45) is 0 Å². The second-order valence-electron chi connectivity index (χ2n) is 3.25. The molecule has 12 heavy (non-hydrogen) atoms. The Morgan fingerprint density at radius 3 is 2.58 bits per heavy atom. The standard InChI is InChI=1S/C11H16O/c1-3-6-9(2)10-7-4-5-8-11(10)12/h4-5,7-9,12H,3,6H2,1-2H3. The van der Waals surface area contributed by atoms with Crippen molar-refractivity contribution in [1.82, 2.24) is 0 Å². The quantitative estimate of drug-likeness (QED) is 0.726. The van der Waals surface area contributed by atoms with Gasteiger partial charge in [0.15, 0.2) is 0 Å². The van der Waals surface area contributed by atoms with Crippen LogP contribution in [-0.4, -0.2) is 5.11 Å². The van der Waals surface area contributed by atoms with E-state index in [4.69, 9.17) is 0 Å². The molecule has 0 aromatic heterocycles. The Morgan fingerprint density at radius 2 is 2.00 bits per heavy atom. The lowest BCUT2D eigenvalue weighted by atomic mass is 9.96. The molecule has 1 atom stereocenters. The highest BCUT2D eigenvalue weighted by Crippen LogP contribution is 2.27. The molecule has 0 amide bonds. The van der Waals surface area contributed by atoms with Crippen molar-refractivity contribution >= 4 is 0 Å². The van der Waals surface area contributed by atoms with Gasteiger partial charge in [0, 0.05) is 0 Å². The van der Waals surface area contributed by atoms with Gasteiger partial charge in [-0.2, -0.15) is 0 Å². The summed E-state index contributed by atoms with van der Waals surface area (Å²) in [6.07, 6.45) is 2.30. The van der Waals surface area contributed by atoms with E-state index in [9.17, 15) is 5.11 Å². The van der Waals surface area contributed by atoms with Gasteiger partial charge in [-0.1, -0.05) is 38.5 Å². The summed E-state index contributed by atoms with van der Waals surface area (Å²) in [4.78, 5) is 0. The average Bonchev–Trinajstić information content (AvgIpc) is 2.05. The minimum atomic E-state index is 0.429. The third-order valence-corrected chi connectivity index (χ3v) is 2.19. The van der Waals surface area contributed by atoms with Gasteiger partial charge in [-0.05, 0) is 24.0 Å². The van der Waals surface area contributed by atoms with E-state index in [0.717, 1.165) is 18.4 Å². The molecule has 66 valence electrons. The number of hydrogen-bond donors (Lipinski definition) is 1. The van der Waals surface area contributed by atoms with E-state index >= 15 is 0 Å². The van der Waals surface area contributed by atoms with Gasteiger partial charge in [0.25, 0.3) is 0 Å². The Labute approximate surface area is 74.1 Å². The van der Waals surface area contributed by atoms with Crippen LogP contribution in [0.25, 0.3) is 0 Å². The van der Waals surface area contributed by atoms with Crippen LogP contribution < -0.4 is 0 Å². The largest absolute Gasteiger partial charge is 0.508 e. The lowest BCUT2D eigenvalue weighted by Gasteiger charge is -2.11. The molecule has 0 saturated heterocycles. The minimum absolute atomic E-state index is 0.429. The zero-order valence-corrected chi connectivity index (χ0v) is 7.75. The third-order valence-electron chi connectivity index (χ3n) is 2.19. The van der Waals surface area contributed by atoms with Gasteiger partial charge >= 0.3 is 0 Å². The lowest BCUT2D eigenvalue weighted by Crippen LogP contribution is -1.92. The highest BCUT2D eigenvalue weighted by molar-refractivity contribution is 5.34. The summed E-state index contributed by atoms with van der Waals surface area (Å²) in [5.41, 5.74) is 1.07. The van der Waals surface area contributed by atoms with Gasteiger partial charge < -0.3 is 5.11 Å². The van der Waals surface area contributed by atoms with Crippen LogP contribution in [0.1, 0.15) is 38.2 Å². The summed E-state index contributed by atoms with van der Waals surface area (Å²) in [5, 5.41) is 9.51. The van der Waals surface area contributed by atoms with Crippen molar-refractivity contribution in [3.63, 3.8) is 0 Å². The first-order chi connectivity index (χ1) is 5.75. The summed E-state index contributed by atoms with van der Waals surface area (Å²) in [5.74, 6) is 0.898. The number of para-hydroxylation sites is 1. The Balaban J connectivity index is 2.79. The molecule has 0 spiro atoms. The monoisotopic (exact) mass is 164 g/mol. The average molecular weight is 164 g/mol. The van der Waals surface area contributed by atoms with Gasteiger partial charge in [-0.3, -0.25) is 0 Å². The van der Waals surface area contributed by atoms with Crippen LogP contribution in [0.15, 0.2) is 24.3 Å². The van der Waals surface area contributed by atoms with Crippen LogP contribution in [0.2, 0.25) is 0 Å². The van der Waals surface area contributed by atoms with Gasteiger partial charge in [-0.15, -0.1) is 0 Å². The van der Waals surface area contributed by atoms with Crippen molar-refractivity contribution in [3.05, 3.63) is 29.8 Å². The first kappa shape index (κ1) is 9.11. The Bertz CT molecular complexity index is 243. The SMILES string of the molecule is CCCC(C)c1ccccc1O. The highest BCUT2D eigenvalue weighted by Gasteiger charge is 2.07. The van der Waals surface area contributed by atoms with Crippen molar-refractivity contribution in [1.29, 1.82) is 0 Å². The van der Waals surface area contributed by atoms with Gasteiger partial charge in [0.05, 0.1) is 0 Å². The summed E-state index contributed by atoms with van der Waals surface area (Å²) < 4.78 is 0. The molecular formula is C11H16O. The van der Waals surface area contributed by atoms with Crippen molar-refractivity contribution in [2.45, 2.75) is 32.6 Å². The number of aromatic hydroxyl groups is 1. The number of benzene rings is 1. The van der Waals surface area contributed by atoms with Crippen LogP contribution in [0.5, 0.6) is 5.75 Å². The Hall–Kier alpha value is -0.980. The van der Waals surface area contributed by atoms with E-state index in [1.807, 2.05) is 18.2 Å². The number of phenolic OH excluding ortho intramolecular Hbond substituents is 1. The second-order valence-corrected chi connectivity index (χ2v) is 3.25. The molecule has 1 N–H and O–H groups in total. The van der Waals surface area contributed by atoms with E-state index < -0.39 is 0 Å². The van der Waals surface area contributed by atoms with Crippen LogP contribution in [0.4, 0.5) is 0 Å². The summed E-state index contributed by atoms with van der Waals surface area (Å²) in [6.45, 7) is 4.31. The maximum atomic E-state index is 9.51. The lowest BCUT2D eigenvalue weighted by molar-refractivity contribution is 0.460. The number of rotatable bonds is 3. The maximum absolute atomic E-state index is 9.51. The molecule has 0 aliphatic carbocycles. The zero-order valence-electron chi connectivity index (χ0n) is 7.75. The fourth-order valence-corrected chi connectivity index (χ4v) is 1.49. The molecule has 1 aromatic carbocycles. The van der Waals surface area contributed by atoms with E-state index in [1.54, 1.807) is 6.07 Å². The molecule has 0 radical (unpaired) electrons. The molecule has 1 rings (SSSR count). The summed E-state index contributed by atoms with van der Waals surface area (Å²) in [6, 6.07) is 7.58. The van der Waals surface area contributed by atoms with Crippen LogP contribution >= 0.6 is 0 Å². The molecule has 0 aliphatic heterocycles. The second kappa shape index (κ2) is 4.15. The van der Waals surface area contributed by atoms with E-state index in [2.05, 4.69) is 13.8 Å². The number of hydrogen-bond acceptors (Lipinski definition) is 1. The molecule has 0 heterocycles. The first-order valence-corrected chi connectivity index (χ1v) is 4.53.